The van der Waals surface area contributed by atoms with E-state index in [-0.39, 0.29) is 0 Å². The van der Waals surface area contributed by atoms with Crippen molar-refractivity contribution in [2.75, 3.05) is 6.61 Å². The van der Waals surface area contributed by atoms with Gasteiger partial charge in [0.2, 0.25) is 0 Å². The van der Waals surface area contributed by atoms with Gasteiger partial charge in [-0.2, -0.15) is 0 Å². The van der Waals surface area contributed by atoms with Gasteiger partial charge in [-0.15, -0.1) is 0 Å². The Hall–Kier alpha value is -0.300. The van der Waals surface area contributed by atoms with Crippen LogP contribution in [0.25, 0.3) is 0 Å². The van der Waals surface area contributed by atoms with E-state index in [2.05, 4.69) is 13.0 Å². The van der Waals surface area contributed by atoms with E-state index < -0.39 is 0 Å². The molecule has 0 fully saturated rings. The lowest BCUT2D eigenvalue weighted by Crippen LogP contribution is -2.05. The monoisotopic (exact) mass is 224 g/mol. The molecule has 16 heavy (non-hydrogen) atoms. The van der Waals surface area contributed by atoms with Crippen molar-refractivity contribution in [1.82, 2.24) is 0 Å². The van der Waals surface area contributed by atoms with Gasteiger partial charge in [-0.25, -0.2) is 0 Å². The van der Waals surface area contributed by atoms with Gasteiger partial charge in [-0.05, 0) is 25.7 Å². The summed E-state index contributed by atoms with van der Waals surface area (Å²) in [5, 5.41) is 9.23. The summed E-state index contributed by atoms with van der Waals surface area (Å²) in [5.41, 5.74) is 1.50. The van der Waals surface area contributed by atoms with Crippen LogP contribution in [-0.4, -0.2) is 11.7 Å². The predicted molar refractivity (Wildman–Crippen MR) is 70.5 cm³/mol. The maximum atomic E-state index is 9.23. The van der Waals surface area contributed by atoms with Gasteiger partial charge in [0.1, 0.15) is 0 Å². The van der Waals surface area contributed by atoms with Gasteiger partial charge >= 0.3 is 0 Å². The highest BCUT2D eigenvalue weighted by Crippen LogP contribution is 2.21. The predicted octanol–water partition coefficient (Wildman–Crippen LogP) is 4.46. The summed E-state index contributed by atoms with van der Waals surface area (Å²) >= 11 is 0. The summed E-state index contributed by atoms with van der Waals surface area (Å²) in [6.07, 6.45) is 15.9. The number of hydrogen-bond acceptors (Lipinski definition) is 1. The third-order valence-electron chi connectivity index (χ3n) is 3.73. The van der Waals surface area contributed by atoms with Crippen LogP contribution in [0.5, 0.6) is 0 Å². The highest BCUT2D eigenvalue weighted by molar-refractivity contribution is 5.05. The SMILES string of the molecule is CC(CO)C1=CCCCCCCCCCC1. The summed E-state index contributed by atoms with van der Waals surface area (Å²) in [7, 11) is 0. The van der Waals surface area contributed by atoms with E-state index in [1.807, 2.05) is 0 Å². The fourth-order valence-electron chi connectivity index (χ4n) is 2.49. The first kappa shape index (κ1) is 13.8. The number of allylic oxidation sites excluding steroid dienone is 1. The minimum absolute atomic E-state index is 0.311. The second kappa shape index (κ2) is 8.81. The standard InChI is InChI=1S/C15H28O/c1-14(13-16)15-11-9-7-5-3-2-4-6-8-10-12-15/h11,14,16H,2-10,12-13H2,1H3. The van der Waals surface area contributed by atoms with Crippen molar-refractivity contribution in [2.24, 2.45) is 5.92 Å². The zero-order valence-corrected chi connectivity index (χ0v) is 10.9. The van der Waals surface area contributed by atoms with Gasteiger partial charge in [-0.3, -0.25) is 0 Å². The van der Waals surface area contributed by atoms with Crippen LogP contribution >= 0.6 is 0 Å². The Kier molecular flexibility index (Phi) is 7.58. The van der Waals surface area contributed by atoms with Crippen molar-refractivity contribution in [3.63, 3.8) is 0 Å². The molecule has 1 nitrogen and oxygen atoms in total. The van der Waals surface area contributed by atoms with Gasteiger partial charge in [0.05, 0.1) is 0 Å². The zero-order chi connectivity index (χ0) is 11.6. The van der Waals surface area contributed by atoms with Crippen LogP contribution in [0.1, 0.15) is 71.1 Å². The molecule has 0 bridgehead atoms. The Labute approximate surface area is 101 Å². The minimum Gasteiger partial charge on any atom is -0.396 e. The maximum absolute atomic E-state index is 9.23. The van der Waals surface area contributed by atoms with E-state index >= 15 is 0 Å². The molecule has 1 aliphatic carbocycles. The lowest BCUT2D eigenvalue weighted by Gasteiger charge is -2.14. The van der Waals surface area contributed by atoms with Crippen LogP contribution in [-0.2, 0) is 0 Å². The van der Waals surface area contributed by atoms with Crippen LogP contribution in [0.15, 0.2) is 11.6 Å². The topological polar surface area (TPSA) is 20.2 Å². The van der Waals surface area contributed by atoms with Crippen LogP contribution in [0.4, 0.5) is 0 Å². The van der Waals surface area contributed by atoms with Crippen molar-refractivity contribution in [2.45, 2.75) is 71.1 Å². The van der Waals surface area contributed by atoms with E-state index in [0.29, 0.717) is 12.5 Å². The molecule has 0 radical (unpaired) electrons. The molecule has 0 saturated heterocycles. The number of hydrogen-bond donors (Lipinski definition) is 1. The molecule has 0 heterocycles. The fraction of sp³-hybridized carbons (Fsp3) is 0.867. The van der Waals surface area contributed by atoms with Crippen LogP contribution < -0.4 is 0 Å². The summed E-state index contributed by atoms with van der Waals surface area (Å²) in [5.74, 6) is 0.378. The average Bonchev–Trinajstić information content (AvgIpc) is 2.29. The molecule has 1 heteroatoms. The molecule has 0 aliphatic heterocycles. The Morgan fingerprint density at radius 2 is 1.56 bits per heavy atom. The van der Waals surface area contributed by atoms with Crippen molar-refractivity contribution < 1.29 is 5.11 Å². The first-order valence-corrected chi connectivity index (χ1v) is 7.14. The third-order valence-corrected chi connectivity index (χ3v) is 3.73. The second-order valence-electron chi connectivity index (χ2n) is 5.23. The van der Waals surface area contributed by atoms with E-state index in [1.165, 1.54) is 69.8 Å². The van der Waals surface area contributed by atoms with Crippen molar-refractivity contribution in [1.29, 1.82) is 0 Å². The van der Waals surface area contributed by atoms with E-state index in [1.54, 1.807) is 0 Å². The number of aliphatic hydroxyl groups is 1. The first-order valence-electron chi connectivity index (χ1n) is 7.14. The van der Waals surface area contributed by atoms with Crippen LogP contribution in [0, 0.1) is 5.92 Å². The molecule has 1 atom stereocenters. The summed E-state index contributed by atoms with van der Waals surface area (Å²) < 4.78 is 0. The van der Waals surface area contributed by atoms with Gasteiger partial charge in [-0.1, -0.05) is 57.1 Å². The summed E-state index contributed by atoms with van der Waals surface area (Å²) in [4.78, 5) is 0. The molecular weight excluding hydrogens is 196 g/mol. The Morgan fingerprint density at radius 1 is 1.00 bits per heavy atom. The van der Waals surface area contributed by atoms with Crippen LogP contribution in [0.3, 0.4) is 0 Å². The van der Waals surface area contributed by atoms with Gasteiger partial charge < -0.3 is 5.11 Å². The van der Waals surface area contributed by atoms with Gasteiger partial charge in [0, 0.05) is 12.5 Å². The molecule has 1 N–H and O–H groups in total. The molecule has 0 aromatic rings. The summed E-state index contributed by atoms with van der Waals surface area (Å²) in [6, 6.07) is 0. The normalized spacial score (nSPS) is 22.8. The molecular formula is C15H28O. The molecule has 94 valence electrons. The lowest BCUT2D eigenvalue weighted by molar-refractivity contribution is 0.253. The average molecular weight is 224 g/mol. The molecule has 0 aromatic carbocycles. The molecule has 0 amide bonds. The third kappa shape index (κ3) is 5.69. The van der Waals surface area contributed by atoms with E-state index in [4.69, 9.17) is 0 Å². The highest BCUT2D eigenvalue weighted by Gasteiger charge is 2.07. The van der Waals surface area contributed by atoms with Crippen molar-refractivity contribution in [3.05, 3.63) is 11.6 Å². The van der Waals surface area contributed by atoms with E-state index in [0.717, 1.165) is 0 Å². The lowest BCUT2D eigenvalue weighted by atomic mass is 9.93. The molecule has 1 aliphatic rings. The smallest absolute Gasteiger partial charge is 0.0493 e. The van der Waals surface area contributed by atoms with Gasteiger partial charge in [0.15, 0.2) is 0 Å². The molecule has 1 rings (SSSR count). The molecule has 0 saturated carbocycles. The molecule has 0 spiro atoms. The Morgan fingerprint density at radius 3 is 2.19 bits per heavy atom. The first-order chi connectivity index (χ1) is 7.84. The molecule has 0 aromatic heterocycles. The summed E-state index contributed by atoms with van der Waals surface area (Å²) in [6.45, 7) is 2.46. The van der Waals surface area contributed by atoms with E-state index in [9.17, 15) is 5.11 Å². The highest BCUT2D eigenvalue weighted by atomic mass is 16.3. The minimum atomic E-state index is 0.311. The van der Waals surface area contributed by atoms with Gasteiger partial charge in [0.25, 0.3) is 0 Å². The Bertz CT molecular complexity index is 196. The van der Waals surface area contributed by atoms with Crippen molar-refractivity contribution >= 4 is 0 Å². The quantitative estimate of drug-likeness (QED) is 0.687. The number of aliphatic hydroxyl groups excluding tert-OH is 1. The largest absolute Gasteiger partial charge is 0.396 e. The maximum Gasteiger partial charge on any atom is 0.0493 e. The van der Waals surface area contributed by atoms with Crippen LogP contribution in [0.2, 0.25) is 0 Å². The molecule has 1 unspecified atom stereocenters. The fourth-order valence-corrected chi connectivity index (χ4v) is 2.49. The second-order valence-corrected chi connectivity index (χ2v) is 5.23. The number of rotatable bonds is 2. The Balaban J connectivity index is 2.43. The zero-order valence-electron chi connectivity index (χ0n) is 10.9. The van der Waals surface area contributed by atoms with Crippen molar-refractivity contribution in [3.8, 4) is 0 Å².